The summed E-state index contributed by atoms with van der Waals surface area (Å²) >= 11 is 13.4. The van der Waals surface area contributed by atoms with Gasteiger partial charge in [-0.2, -0.15) is 0 Å². The molecule has 1 nitrogen and oxygen atoms in total. The first-order valence-corrected chi connectivity index (χ1v) is 6.92. The van der Waals surface area contributed by atoms with E-state index in [1.54, 1.807) is 24.3 Å². The van der Waals surface area contributed by atoms with Crippen LogP contribution in [0.25, 0.3) is 0 Å². The molecule has 0 saturated carbocycles. The van der Waals surface area contributed by atoms with Crippen LogP contribution >= 0.6 is 35.0 Å². The molecule has 0 heterocycles. The number of hydrogen-bond acceptors (Lipinski definition) is 2. The quantitative estimate of drug-likeness (QED) is 0.637. The van der Waals surface area contributed by atoms with Crippen LogP contribution in [-0.2, 0) is 5.75 Å². The molecule has 0 aliphatic rings. The molecular weight excluding hydrogens is 292 g/mol. The third-order valence-corrected chi connectivity index (χ3v) is 4.02. The van der Waals surface area contributed by atoms with E-state index in [1.807, 2.05) is 6.07 Å². The van der Waals surface area contributed by atoms with Gasteiger partial charge in [-0.3, -0.25) is 0 Å². The molecule has 94 valence electrons. The summed E-state index contributed by atoms with van der Waals surface area (Å²) in [4.78, 5) is 0.803. The highest BCUT2D eigenvalue weighted by Gasteiger charge is 2.04. The summed E-state index contributed by atoms with van der Waals surface area (Å²) in [5, 5.41) is 1.29. The first-order chi connectivity index (χ1) is 8.56. The van der Waals surface area contributed by atoms with Crippen LogP contribution < -0.4 is 5.73 Å². The number of nitrogens with two attached hydrogens (primary N) is 1. The highest BCUT2D eigenvalue weighted by molar-refractivity contribution is 7.98. The highest BCUT2D eigenvalue weighted by atomic mass is 35.5. The lowest BCUT2D eigenvalue weighted by Gasteiger charge is -2.06. The molecule has 18 heavy (non-hydrogen) atoms. The number of thioether (sulfide) groups is 1. The van der Waals surface area contributed by atoms with Crippen molar-refractivity contribution in [2.45, 2.75) is 10.6 Å². The summed E-state index contributed by atoms with van der Waals surface area (Å²) < 4.78 is 13.3. The molecular formula is C13H10Cl2FNS. The minimum Gasteiger partial charge on any atom is -0.396 e. The third-order valence-electron chi connectivity index (χ3n) is 2.37. The van der Waals surface area contributed by atoms with E-state index in [2.05, 4.69) is 0 Å². The Morgan fingerprint density at radius 2 is 1.89 bits per heavy atom. The lowest BCUT2D eigenvalue weighted by atomic mass is 10.2. The summed E-state index contributed by atoms with van der Waals surface area (Å²) in [5.74, 6) is 0.222. The van der Waals surface area contributed by atoms with Crippen molar-refractivity contribution < 1.29 is 4.39 Å². The van der Waals surface area contributed by atoms with Crippen molar-refractivity contribution in [3.63, 3.8) is 0 Å². The summed E-state index contributed by atoms with van der Waals surface area (Å²) in [6, 6.07) is 10.0. The van der Waals surface area contributed by atoms with Crippen LogP contribution in [0, 0.1) is 5.82 Å². The maximum atomic E-state index is 13.3. The second kappa shape index (κ2) is 5.83. The second-order valence-electron chi connectivity index (χ2n) is 3.71. The molecule has 2 rings (SSSR count). The molecule has 2 aromatic rings. The standard InChI is InChI=1S/C13H10Cl2FNS/c14-9-1-3-11(15)8(5-9)7-18-10-2-4-13(17)12(16)6-10/h1-6H,7,17H2. The molecule has 0 atom stereocenters. The molecule has 0 amide bonds. The fraction of sp³-hybridized carbons (Fsp3) is 0.0769. The van der Waals surface area contributed by atoms with Crippen molar-refractivity contribution in [3.8, 4) is 0 Å². The van der Waals surface area contributed by atoms with Crippen LogP contribution in [0.2, 0.25) is 10.0 Å². The number of halogens is 3. The lowest BCUT2D eigenvalue weighted by Crippen LogP contribution is -1.90. The Morgan fingerprint density at radius 3 is 2.61 bits per heavy atom. The normalized spacial score (nSPS) is 10.6. The van der Waals surface area contributed by atoms with Gasteiger partial charge < -0.3 is 5.73 Å². The molecule has 5 heteroatoms. The van der Waals surface area contributed by atoms with Gasteiger partial charge >= 0.3 is 0 Å². The van der Waals surface area contributed by atoms with Gasteiger partial charge in [0.2, 0.25) is 0 Å². The van der Waals surface area contributed by atoms with Gasteiger partial charge in [-0.1, -0.05) is 23.2 Å². The Hall–Kier alpha value is -0.900. The van der Waals surface area contributed by atoms with E-state index in [9.17, 15) is 4.39 Å². The van der Waals surface area contributed by atoms with E-state index < -0.39 is 5.82 Å². The summed E-state index contributed by atoms with van der Waals surface area (Å²) in [6.07, 6.45) is 0. The molecule has 0 aliphatic heterocycles. The molecule has 0 fully saturated rings. The van der Waals surface area contributed by atoms with Crippen LogP contribution in [0.5, 0.6) is 0 Å². The number of rotatable bonds is 3. The zero-order chi connectivity index (χ0) is 13.1. The minimum absolute atomic E-state index is 0.153. The van der Waals surface area contributed by atoms with Crippen LogP contribution in [0.4, 0.5) is 10.1 Å². The fourth-order valence-electron chi connectivity index (χ4n) is 1.41. The average Bonchev–Trinajstić information content (AvgIpc) is 2.34. The summed E-state index contributed by atoms with van der Waals surface area (Å²) in [6.45, 7) is 0. The Kier molecular flexibility index (Phi) is 4.38. The molecule has 0 saturated heterocycles. The topological polar surface area (TPSA) is 26.0 Å². The van der Waals surface area contributed by atoms with Crippen molar-refractivity contribution in [1.29, 1.82) is 0 Å². The Balaban J connectivity index is 2.11. The van der Waals surface area contributed by atoms with Crippen molar-refractivity contribution in [1.82, 2.24) is 0 Å². The third kappa shape index (κ3) is 3.31. The van der Waals surface area contributed by atoms with E-state index >= 15 is 0 Å². The summed E-state index contributed by atoms with van der Waals surface area (Å²) in [7, 11) is 0. The zero-order valence-corrected chi connectivity index (χ0v) is 11.6. The van der Waals surface area contributed by atoms with Crippen LogP contribution in [0.15, 0.2) is 41.3 Å². The number of anilines is 1. The predicted octanol–water partition coefficient (Wildman–Crippen LogP) is 5.01. The van der Waals surface area contributed by atoms with Crippen LogP contribution in [-0.4, -0.2) is 0 Å². The van der Waals surface area contributed by atoms with Crippen LogP contribution in [0.3, 0.4) is 0 Å². The molecule has 2 N–H and O–H groups in total. The Bertz CT molecular complexity index is 575. The number of benzene rings is 2. The average molecular weight is 302 g/mol. The number of nitrogen functional groups attached to an aromatic ring is 1. The molecule has 0 aromatic heterocycles. The lowest BCUT2D eigenvalue weighted by molar-refractivity contribution is 0.629. The smallest absolute Gasteiger partial charge is 0.147 e. The van der Waals surface area contributed by atoms with Gasteiger partial charge in [-0.05, 0) is 42.0 Å². The molecule has 0 aliphatic carbocycles. The molecule has 0 spiro atoms. The maximum Gasteiger partial charge on any atom is 0.147 e. The fourth-order valence-corrected chi connectivity index (χ4v) is 2.78. The largest absolute Gasteiger partial charge is 0.396 e. The van der Waals surface area contributed by atoms with Crippen molar-refractivity contribution in [2.75, 3.05) is 5.73 Å². The van der Waals surface area contributed by atoms with E-state index in [4.69, 9.17) is 28.9 Å². The van der Waals surface area contributed by atoms with Gasteiger partial charge in [0.1, 0.15) is 5.82 Å². The van der Waals surface area contributed by atoms with Gasteiger partial charge in [0.25, 0.3) is 0 Å². The van der Waals surface area contributed by atoms with Crippen molar-refractivity contribution in [2.24, 2.45) is 0 Å². The van der Waals surface area contributed by atoms with Gasteiger partial charge in [0, 0.05) is 20.7 Å². The number of hydrogen-bond donors (Lipinski definition) is 1. The predicted molar refractivity (Wildman–Crippen MR) is 76.8 cm³/mol. The molecule has 0 radical (unpaired) electrons. The van der Waals surface area contributed by atoms with Crippen molar-refractivity contribution >= 4 is 40.7 Å². The second-order valence-corrected chi connectivity index (χ2v) is 5.60. The maximum absolute atomic E-state index is 13.3. The SMILES string of the molecule is Nc1ccc(SCc2cc(Cl)ccc2Cl)cc1F. The van der Waals surface area contributed by atoms with Gasteiger partial charge in [0.05, 0.1) is 5.69 Å². The van der Waals surface area contributed by atoms with E-state index in [0.717, 1.165) is 10.5 Å². The minimum atomic E-state index is -0.405. The Morgan fingerprint density at radius 1 is 1.11 bits per heavy atom. The van der Waals surface area contributed by atoms with Crippen LogP contribution in [0.1, 0.15) is 5.56 Å². The first-order valence-electron chi connectivity index (χ1n) is 5.18. The molecule has 0 bridgehead atoms. The first kappa shape index (κ1) is 13.5. The molecule has 0 unspecified atom stereocenters. The zero-order valence-electron chi connectivity index (χ0n) is 9.29. The van der Waals surface area contributed by atoms with E-state index in [1.165, 1.54) is 17.8 Å². The monoisotopic (exact) mass is 301 g/mol. The summed E-state index contributed by atoms with van der Waals surface area (Å²) in [5.41, 5.74) is 6.49. The van der Waals surface area contributed by atoms with Gasteiger partial charge in [-0.25, -0.2) is 4.39 Å². The highest BCUT2D eigenvalue weighted by Crippen LogP contribution is 2.29. The van der Waals surface area contributed by atoms with Crippen molar-refractivity contribution in [3.05, 3.63) is 57.8 Å². The van der Waals surface area contributed by atoms with E-state index in [0.29, 0.717) is 15.8 Å². The Labute approximate surface area is 119 Å². The van der Waals surface area contributed by atoms with Gasteiger partial charge in [-0.15, -0.1) is 11.8 Å². The molecule has 2 aromatic carbocycles. The van der Waals surface area contributed by atoms with Gasteiger partial charge in [0.15, 0.2) is 0 Å². The van der Waals surface area contributed by atoms with E-state index in [-0.39, 0.29) is 5.69 Å².